The number of amidine groups is 1. The van der Waals surface area contributed by atoms with E-state index in [9.17, 15) is 14.4 Å². The average Bonchev–Trinajstić information content (AvgIpc) is 2.82. The van der Waals surface area contributed by atoms with Gasteiger partial charge in [0.2, 0.25) is 11.8 Å². The Morgan fingerprint density at radius 2 is 2.24 bits per heavy atom. The molecule has 116 valence electrons. The van der Waals surface area contributed by atoms with Crippen molar-refractivity contribution in [2.45, 2.75) is 18.5 Å². The van der Waals surface area contributed by atoms with E-state index in [0.29, 0.717) is 0 Å². The first-order chi connectivity index (χ1) is 9.81. The minimum atomic E-state index is -1.30. The molecule has 0 aromatic heterocycles. The van der Waals surface area contributed by atoms with Gasteiger partial charge in [0.1, 0.15) is 6.54 Å². The lowest BCUT2D eigenvalue weighted by Gasteiger charge is -2.08. The van der Waals surface area contributed by atoms with Crippen LogP contribution in [0.2, 0.25) is 0 Å². The molecule has 0 bridgehead atoms. The van der Waals surface area contributed by atoms with Crippen LogP contribution < -0.4 is 15.8 Å². The van der Waals surface area contributed by atoms with Gasteiger partial charge in [-0.25, -0.2) is 9.79 Å². The zero-order chi connectivity index (χ0) is 16.0. The van der Waals surface area contributed by atoms with Crippen molar-refractivity contribution < 1.29 is 29.4 Å². The van der Waals surface area contributed by atoms with E-state index < -0.39 is 41.7 Å². The summed E-state index contributed by atoms with van der Waals surface area (Å²) in [6, 6.07) is 0. The van der Waals surface area contributed by atoms with Gasteiger partial charge in [0.25, 0.3) is 5.91 Å². The molecule has 0 saturated carbocycles. The van der Waals surface area contributed by atoms with Crippen molar-refractivity contribution in [2.75, 3.05) is 6.54 Å². The minimum absolute atomic E-state index is 0.0343. The second-order valence-electron chi connectivity index (χ2n) is 3.69. The van der Waals surface area contributed by atoms with E-state index in [0.717, 1.165) is 11.9 Å². The Balaban J connectivity index is 2.86. The number of carboxylic acid groups (broad SMARTS) is 2. The van der Waals surface area contributed by atoms with E-state index in [1.165, 1.54) is 6.92 Å². The molecule has 2 atom stereocenters. The molecule has 12 heteroatoms. The molecule has 1 aliphatic heterocycles. The molecule has 1 amide bonds. The molecule has 0 aromatic rings. The standard InChI is InChI=1S/C9H13N5O6S/c1-3(8(18)19)20-13-5(6-12-9(10)21-14-6)7(17)11-2-4(15)16/h3,9H,2,10H2,1H3,(H,11,17)(H,12,14)(H,15,16)(H,18,19)/b13-5-. The van der Waals surface area contributed by atoms with Crippen molar-refractivity contribution in [3.8, 4) is 0 Å². The Bertz CT molecular complexity index is 507. The number of carboxylic acids is 2. The van der Waals surface area contributed by atoms with Crippen molar-refractivity contribution in [3.05, 3.63) is 0 Å². The summed E-state index contributed by atoms with van der Waals surface area (Å²) in [7, 11) is 0. The number of nitrogens with zero attached hydrogens (tertiary/aromatic N) is 2. The van der Waals surface area contributed by atoms with Crippen molar-refractivity contribution in [2.24, 2.45) is 15.9 Å². The molecule has 0 fully saturated rings. The third-order valence-corrected chi connectivity index (χ3v) is 2.68. The fourth-order valence-electron chi connectivity index (χ4n) is 1.01. The van der Waals surface area contributed by atoms with E-state index in [1.54, 1.807) is 0 Å². The van der Waals surface area contributed by atoms with Crippen LogP contribution in [-0.2, 0) is 19.2 Å². The molecule has 0 aromatic carbocycles. The summed E-state index contributed by atoms with van der Waals surface area (Å²) in [6.45, 7) is 0.571. The minimum Gasteiger partial charge on any atom is -0.480 e. The molecule has 1 rings (SSSR count). The third kappa shape index (κ3) is 5.27. The van der Waals surface area contributed by atoms with Crippen molar-refractivity contribution in [1.29, 1.82) is 0 Å². The lowest BCUT2D eigenvalue weighted by atomic mass is 10.3. The van der Waals surface area contributed by atoms with Crippen LogP contribution in [0.4, 0.5) is 0 Å². The highest BCUT2D eigenvalue weighted by Gasteiger charge is 2.26. The highest BCUT2D eigenvalue weighted by molar-refractivity contribution is 7.98. The fraction of sp³-hybridized carbons (Fsp3) is 0.444. The average molecular weight is 319 g/mol. The van der Waals surface area contributed by atoms with Gasteiger partial charge < -0.3 is 25.1 Å². The fourth-order valence-corrected chi connectivity index (χ4v) is 1.55. The molecule has 11 nitrogen and oxygen atoms in total. The van der Waals surface area contributed by atoms with Crippen LogP contribution in [0.5, 0.6) is 0 Å². The number of amides is 1. The molecule has 0 spiro atoms. The van der Waals surface area contributed by atoms with Crippen LogP contribution in [0.15, 0.2) is 10.1 Å². The Morgan fingerprint density at radius 3 is 2.71 bits per heavy atom. The van der Waals surface area contributed by atoms with E-state index in [2.05, 4.69) is 25.0 Å². The van der Waals surface area contributed by atoms with Gasteiger partial charge in [-0.05, 0) is 18.9 Å². The number of hydrogen-bond acceptors (Lipinski definition) is 9. The highest BCUT2D eigenvalue weighted by atomic mass is 32.2. The second kappa shape index (κ2) is 7.44. The van der Waals surface area contributed by atoms with Crippen molar-refractivity contribution >= 4 is 41.3 Å². The SMILES string of the molecule is CC(O/N=C(\C(=O)NCC(=O)O)C1=NC(N)SN1)C(=O)O. The van der Waals surface area contributed by atoms with Gasteiger partial charge in [0.15, 0.2) is 11.3 Å². The zero-order valence-corrected chi connectivity index (χ0v) is 11.6. The van der Waals surface area contributed by atoms with Gasteiger partial charge in [0, 0.05) is 0 Å². The molecule has 1 aliphatic rings. The van der Waals surface area contributed by atoms with Crippen molar-refractivity contribution in [3.63, 3.8) is 0 Å². The van der Waals surface area contributed by atoms with E-state index in [4.69, 9.17) is 15.9 Å². The summed E-state index contributed by atoms with van der Waals surface area (Å²) in [5.74, 6) is -3.46. The van der Waals surface area contributed by atoms with Gasteiger partial charge in [0.05, 0.1) is 0 Å². The Hall–Kier alpha value is -2.34. The number of carbonyl (C=O) groups is 3. The lowest BCUT2D eigenvalue weighted by Crippen LogP contribution is -2.41. The molecule has 21 heavy (non-hydrogen) atoms. The van der Waals surface area contributed by atoms with Crippen LogP contribution in [0.1, 0.15) is 6.92 Å². The topological polar surface area (TPSA) is 176 Å². The van der Waals surface area contributed by atoms with Crippen molar-refractivity contribution in [1.82, 2.24) is 10.0 Å². The zero-order valence-electron chi connectivity index (χ0n) is 10.8. The monoisotopic (exact) mass is 319 g/mol. The normalized spacial score (nSPS) is 19.2. The van der Waals surface area contributed by atoms with E-state index in [1.807, 2.05) is 0 Å². The van der Waals surface area contributed by atoms with Crippen LogP contribution in [0.3, 0.4) is 0 Å². The predicted octanol–water partition coefficient (Wildman–Crippen LogP) is -2.07. The van der Waals surface area contributed by atoms with E-state index >= 15 is 0 Å². The van der Waals surface area contributed by atoms with Gasteiger partial charge in [-0.3, -0.25) is 15.3 Å². The summed E-state index contributed by atoms with van der Waals surface area (Å²) in [5, 5.41) is 22.7. The number of aliphatic imine (C=N–C) groups is 1. The summed E-state index contributed by atoms with van der Waals surface area (Å²) in [6.07, 6.45) is -1.30. The first-order valence-electron chi connectivity index (χ1n) is 5.53. The number of nitrogens with two attached hydrogens (primary N) is 1. The van der Waals surface area contributed by atoms with Gasteiger partial charge in [-0.2, -0.15) is 0 Å². The number of hydrogen-bond donors (Lipinski definition) is 5. The molecule has 1 heterocycles. The second-order valence-corrected chi connectivity index (χ2v) is 4.61. The summed E-state index contributed by atoms with van der Waals surface area (Å²) in [5.41, 5.74) is 4.42. The van der Waals surface area contributed by atoms with Gasteiger partial charge >= 0.3 is 11.9 Å². The summed E-state index contributed by atoms with van der Waals surface area (Å²) < 4.78 is 2.60. The van der Waals surface area contributed by atoms with Gasteiger partial charge in [-0.1, -0.05) is 5.16 Å². The first kappa shape index (κ1) is 16.7. The number of oxime groups is 1. The Kier molecular flexibility index (Phi) is 5.92. The number of carbonyl (C=O) groups excluding carboxylic acids is 1. The third-order valence-electron chi connectivity index (χ3n) is 2.02. The lowest BCUT2D eigenvalue weighted by molar-refractivity contribution is -0.149. The maximum atomic E-state index is 11.8. The summed E-state index contributed by atoms with van der Waals surface area (Å²) >= 11 is 0.991. The molecular weight excluding hydrogens is 306 g/mol. The first-order valence-corrected chi connectivity index (χ1v) is 6.41. The van der Waals surface area contributed by atoms with E-state index in [-0.39, 0.29) is 5.84 Å². The molecule has 0 aliphatic carbocycles. The predicted molar refractivity (Wildman–Crippen MR) is 72.4 cm³/mol. The van der Waals surface area contributed by atoms with Crippen LogP contribution in [0.25, 0.3) is 0 Å². The Morgan fingerprint density at radius 1 is 1.57 bits per heavy atom. The quantitative estimate of drug-likeness (QED) is 0.200. The summed E-state index contributed by atoms with van der Waals surface area (Å²) in [4.78, 5) is 41.4. The Labute approximate surface area is 122 Å². The molecule has 2 unspecified atom stereocenters. The molecule has 0 saturated heterocycles. The maximum Gasteiger partial charge on any atom is 0.347 e. The smallest absolute Gasteiger partial charge is 0.347 e. The molecule has 0 radical (unpaired) electrons. The number of rotatable bonds is 7. The molecule has 6 N–H and O–H groups in total. The molecular formula is C9H13N5O6S. The maximum absolute atomic E-state index is 11.8. The van der Waals surface area contributed by atoms with Crippen LogP contribution in [0, 0.1) is 0 Å². The number of nitrogens with one attached hydrogen (secondary N) is 2. The van der Waals surface area contributed by atoms with Crippen LogP contribution in [-0.4, -0.2) is 57.8 Å². The van der Waals surface area contributed by atoms with Gasteiger partial charge in [-0.15, -0.1) is 0 Å². The number of aliphatic carboxylic acids is 2. The highest BCUT2D eigenvalue weighted by Crippen LogP contribution is 2.10. The largest absolute Gasteiger partial charge is 0.480 e. The van der Waals surface area contributed by atoms with Crippen LogP contribution >= 0.6 is 11.9 Å².